The summed E-state index contributed by atoms with van der Waals surface area (Å²) in [6.45, 7) is 4.17. The van der Waals surface area contributed by atoms with E-state index in [0.29, 0.717) is 11.8 Å². The van der Waals surface area contributed by atoms with Crippen LogP contribution in [-0.2, 0) is 0 Å². The zero-order valence-corrected chi connectivity index (χ0v) is 10.1. The third-order valence-electron chi connectivity index (χ3n) is 2.94. The molecule has 0 fully saturated rings. The summed E-state index contributed by atoms with van der Waals surface area (Å²) >= 11 is 0. The quantitative estimate of drug-likeness (QED) is 0.878. The van der Waals surface area contributed by atoms with Crippen molar-refractivity contribution < 1.29 is 4.52 Å². The first-order chi connectivity index (χ1) is 8.22. The average Bonchev–Trinajstić information content (AvgIpc) is 2.87. The molecule has 0 aliphatic carbocycles. The van der Waals surface area contributed by atoms with E-state index in [-0.39, 0.29) is 6.04 Å². The molecule has 0 radical (unpaired) electrons. The summed E-state index contributed by atoms with van der Waals surface area (Å²) in [7, 11) is 0. The molecular formula is C13H17N3O. The summed E-state index contributed by atoms with van der Waals surface area (Å²) in [5.74, 6) is 1.51. The van der Waals surface area contributed by atoms with Crippen molar-refractivity contribution in [2.45, 2.75) is 32.2 Å². The van der Waals surface area contributed by atoms with E-state index in [9.17, 15) is 0 Å². The Hall–Kier alpha value is -1.68. The molecule has 0 amide bonds. The molecule has 2 aromatic rings. The van der Waals surface area contributed by atoms with Crippen molar-refractivity contribution in [1.82, 2.24) is 10.1 Å². The smallest absolute Gasteiger partial charge is 0.248 e. The highest BCUT2D eigenvalue weighted by molar-refractivity contribution is 5.23. The van der Waals surface area contributed by atoms with Crippen LogP contribution in [0.3, 0.4) is 0 Å². The predicted octanol–water partition coefficient (Wildman–Crippen LogP) is 2.63. The zero-order chi connectivity index (χ0) is 12.3. The van der Waals surface area contributed by atoms with Gasteiger partial charge in [-0.05, 0) is 12.0 Å². The van der Waals surface area contributed by atoms with Gasteiger partial charge >= 0.3 is 0 Å². The van der Waals surface area contributed by atoms with E-state index in [0.717, 1.165) is 17.8 Å². The highest BCUT2D eigenvalue weighted by Gasteiger charge is 2.18. The maximum absolute atomic E-state index is 6.07. The summed E-state index contributed by atoms with van der Waals surface area (Å²) in [4.78, 5) is 4.35. The largest absolute Gasteiger partial charge is 0.337 e. The Balaban J connectivity index is 2.20. The average molecular weight is 231 g/mol. The van der Waals surface area contributed by atoms with Crippen molar-refractivity contribution in [1.29, 1.82) is 0 Å². The van der Waals surface area contributed by atoms with E-state index in [4.69, 9.17) is 10.3 Å². The molecule has 0 saturated heterocycles. The number of nitrogens with zero attached hydrogens (tertiary/aromatic N) is 2. The molecule has 2 N–H and O–H groups in total. The third kappa shape index (κ3) is 2.53. The van der Waals surface area contributed by atoms with Crippen LogP contribution in [0, 0.1) is 0 Å². The van der Waals surface area contributed by atoms with Gasteiger partial charge in [0, 0.05) is 5.92 Å². The van der Waals surface area contributed by atoms with Gasteiger partial charge in [0.05, 0.1) is 0 Å². The molecule has 0 aliphatic heterocycles. The van der Waals surface area contributed by atoms with Crippen LogP contribution in [0.2, 0.25) is 0 Å². The second-order valence-corrected chi connectivity index (χ2v) is 4.19. The third-order valence-corrected chi connectivity index (χ3v) is 2.94. The molecule has 90 valence electrons. The van der Waals surface area contributed by atoms with Gasteiger partial charge in [-0.3, -0.25) is 0 Å². The lowest BCUT2D eigenvalue weighted by Gasteiger charge is -2.06. The molecule has 1 aromatic heterocycles. The molecular weight excluding hydrogens is 214 g/mol. The van der Waals surface area contributed by atoms with Gasteiger partial charge in [-0.25, -0.2) is 0 Å². The lowest BCUT2D eigenvalue weighted by molar-refractivity contribution is 0.360. The maximum Gasteiger partial charge on any atom is 0.248 e. The molecule has 4 heteroatoms. The van der Waals surface area contributed by atoms with Crippen LogP contribution in [-0.4, -0.2) is 10.1 Å². The van der Waals surface area contributed by atoms with Gasteiger partial charge in [0.2, 0.25) is 5.89 Å². The monoisotopic (exact) mass is 231 g/mol. The number of nitrogens with two attached hydrogens (primary N) is 1. The fourth-order valence-corrected chi connectivity index (χ4v) is 1.56. The van der Waals surface area contributed by atoms with Gasteiger partial charge in [-0.15, -0.1) is 0 Å². The molecule has 0 saturated carbocycles. The second kappa shape index (κ2) is 5.10. The summed E-state index contributed by atoms with van der Waals surface area (Å²) < 4.78 is 5.22. The molecule has 17 heavy (non-hydrogen) atoms. The van der Waals surface area contributed by atoms with Crippen molar-refractivity contribution in [2.24, 2.45) is 5.73 Å². The Kier molecular flexibility index (Phi) is 3.54. The van der Waals surface area contributed by atoms with Gasteiger partial charge in [0.1, 0.15) is 6.04 Å². The van der Waals surface area contributed by atoms with Crippen LogP contribution < -0.4 is 5.73 Å². The fraction of sp³-hybridized carbons (Fsp3) is 0.385. The lowest BCUT2D eigenvalue weighted by Crippen LogP contribution is -2.12. The SMILES string of the molecule is CCC(C)c1noc([C@H](N)c2ccccc2)n1. The molecule has 2 rings (SSSR count). The minimum atomic E-state index is -0.346. The van der Waals surface area contributed by atoms with Crippen molar-refractivity contribution >= 4 is 0 Å². The highest BCUT2D eigenvalue weighted by atomic mass is 16.5. The van der Waals surface area contributed by atoms with E-state index in [1.807, 2.05) is 30.3 Å². The molecule has 0 aliphatic rings. The minimum absolute atomic E-state index is 0.301. The summed E-state index contributed by atoms with van der Waals surface area (Å²) in [5, 5.41) is 3.97. The maximum atomic E-state index is 6.07. The van der Waals surface area contributed by atoms with Crippen LogP contribution >= 0.6 is 0 Å². The van der Waals surface area contributed by atoms with Crippen molar-refractivity contribution in [3.05, 3.63) is 47.6 Å². The van der Waals surface area contributed by atoms with E-state index in [1.54, 1.807) is 0 Å². The highest BCUT2D eigenvalue weighted by Crippen LogP contribution is 2.21. The lowest BCUT2D eigenvalue weighted by atomic mass is 10.1. The first-order valence-electron chi connectivity index (χ1n) is 5.86. The van der Waals surface area contributed by atoms with Crippen LogP contribution in [0.4, 0.5) is 0 Å². The normalized spacial score (nSPS) is 14.5. The van der Waals surface area contributed by atoms with E-state index in [1.165, 1.54) is 0 Å². The molecule has 1 aromatic carbocycles. The molecule has 1 heterocycles. The van der Waals surface area contributed by atoms with Gasteiger partial charge in [0.25, 0.3) is 0 Å². The Morgan fingerprint density at radius 3 is 2.65 bits per heavy atom. The second-order valence-electron chi connectivity index (χ2n) is 4.19. The van der Waals surface area contributed by atoms with Gasteiger partial charge < -0.3 is 10.3 Å². The number of benzene rings is 1. The predicted molar refractivity (Wildman–Crippen MR) is 65.5 cm³/mol. The van der Waals surface area contributed by atoms with Crippen LogP contribution in [0.25, 0.3) is 0 Å². The van der Waals surface area contributed by atoms with E-state index >= 15 is 0 Å². The first kappa shape index (κ1) is 11.8. The first-order valence-corrected chi connectivity index (χ1v) is 5.86. The molecule has 1 unspecified atom stereocenters. The molecule has 2 atom stereocenters. The number of rotatable bonds is 4. The summed E-state index contributed by atoms with van der Waals surface area (Å²) in [5.41, 5.74) is 7.05. The van der Waals surface area contributed by atoms with E-state index in [2.05, 4.69) is 24.0 Å². The Bertz CT molecular complexity index is 467. The molecule has 0 spiro atoms. The van der Waals surface area contributed by atoms with Crippen molar-refractivity contribution in [3.8, 4) is 0 Å². The molecule has 4 nitrogen and oxygen atoms in total. The number of hydrogen-bond donors (Lipinski definition) is 1. The molecule has 0 bridgehead atoms. The summed E-state index contributed by atoms with van der Waals surface area (Å²) in [6, 6.07) is 9.41. The van der Waals surface area contributed by atoms with Crippen LogP contribution in [0.15, 0.2) is 34.9 Å². The van der Waals surface area contributed by atoms with Crippen molar-refractivity contribution in [2.75, 3.05) is 0 Å². The van der Waals surface area contributed by atoms with E-state index < -0.39 is 0 Å². The van der Waals surface area contributed by atoms with Crippen LogP contribution in [0.5, 0.6) is 0 Å². The van der Waals surface area contributed by atoms with Crippen LogP contribution in [0.1, 0.15) is 49.5 Å². The Morgan fingerprint density at radius 2 is 2.00 bits per heavy atom. The van der Waals surface area contributed by atoms with Gasteiger partial charge in [-0.1, -0.05) is 49.3 Å². The fourth-order valence-electron chi connectivity index (χ4n) is 1.56. The Morgan fingerprint density at radius 1 is 1.29 bits per heavy atom. The minimum Gasteiger partial charge on any atom is -0.337 e. The standard InChI is InChI=1S/C13H17N3O/c1-3-9(2)12-15-13(17-16-12)11(14)10-7-5-4-6-8-10/h4-9,11H,3,14H2,1-2H3/t9?,11-/m1/s1. The number of aromatic nitrogens is 2. The van der Waals surface area contributed by atoms with Gasteiger partial charge in [-0.2, -0.15) is 4.98 Å². The van der Waals surface area contributed by atoms with Gasteiger partial charge in [0.15, 0.2) is 5.82 Å². The summed E-state index contributed by atoms with van der Waals surface area (Å²) in [6.07, 6.45) is 0.986. The number of hydrogen-bond acceptors (Lipinski definition) is 4. The Labute approximate surface area is 101 Å². The topological polar surface area (TPSA) is 64.9 Å². The zero-order valence-electron chi connectivity index (χ0n) is 10.1. The van der Waals surface area contributed by atoms with Crippen molar-refractivity contribution in [3.63, 3.8) is 0 Å².